The Morgan fingerprint density at radius 3 is 3.11 bits per heavy atom. The molecular weight excluding hydrogens is 236 g/mol. The first-order valence-electron chi connectivity index (χ1n) is 7.09. The molecule has 1 fully saturated rings. The van der Waals surface area contributed by atoms with Crippen LogP contribution in [0.25, 0.3) is 5.65 Å². The van der Waals surface area contributed by atoms with Crippen molar-refractivity contribution in [2.45, 2.75) is 32.4 Å². The molecule has 2 aromatic heterocycles. The van der Waals surface area contributed by atoms with Crippen LogP contribution >= 0.6 is 0 Å². The normalized spacial score (nSPS) is 20.4. The maximum Gasteiger partial charge on any atom is 0.137 e. The van der Waals surface area contributed by atoms with E-state index in [2.05, 4.69) is 51.9 Å². The average Bonchev–Trinajstić information content (AvgIpc) is 2.94. The Labute approximate surface area is 114 Å². The summed E-state index contributed by atoms with van der Waals surface area (Å²) in [6.07, 6.45) is 4.74. The summed E-state index contributed by atoms with van der Waals surface area (Å²) in [5, 5.41) is 3.59. The van der Waals surface area contributed by atoms with E-state index in [1.54, 1.807) is 0 Å². The molecule has 4 heteroatoms. The molecule has 2 aromatic rings. The van der Waals surface area contributed by atoms with E-state index in [1.165, 1.54) is 25.1 Å². The number of nitrogens with zero attached hydrogens (tertiary/aromatic N) is 3. The molecule has 3 rings (SSSR count). The summed E-state index contributed by atoms with van der Waals surface area (Å²) in [4.78, 5) is 7.04. The van der Waals surface area contributed by atoms with Gasteiger partial charge in [-0.05, 0) is 45.5 Å². The van der Waals surface area contributed by atoms with Crippen LogP contribution in [0.4, 0.5) is 0 Å². The Morgan fingerprint density at radius 1 is 1.42 bits per heavy atom. The van der Waals surface area contributed by atoms with Crippen LogP contribution in [0.1, 0.15) is 24.2 Å². The Bertz CT molecular complexity index is 560. The monoisotopic (exact) mass is 258 g/mol. The number of imidazole rings is 1. The van der Waals surface area contributed by atoms with Gasteiger partial charge in [0.2, 0.25) is 0 Å². The minimum atomic E-state index is 0.694. The fraction of sp³-hybridized carbons (Fsp3) is 0.533. The summed E-state index contributed by atoms with van der Waals surface area (Å²) in [7, 11) is 2.22. The topological polar surface area (TPSA) is 32.6 Å². The van der Waals surface area contributed by atoms with E-state index >= 15 is 0 Å². The number of pyridine rings is 1. The van der Waals surface area contributed by atoms with Crippen molar-refractivity contribution in [3.05, 3.63) is 35.8 Å². The molecule has 1 saturated heterocycles. The number of aryl methyl sites for hydroxylation is 1. The third kappa shape index (κ3) is 2.51. The van der Waals surface area contributed by atoms with Crippen LogP contribution in [0.2, 0.25) is 0 Å². The van der Waals surface area contributed by atoms with E-state index < -0.39 is 0 Å². The molecule has 1 unspecified atom stereocenters. The third-order valence-electron chi connectivity index (χ3n) is 4.17. The van der Waals surface area contributed by atoms with Gasteiger partial charge < -0.3 is 14.6 Å². The predicted octanol–water partition coefficient (Wildman–Crippen LogP) is 1.83. The lowest BCUT2D eigenvalue weighted by atomic mass is 10.2. The van der Waals surface area contributed by atoms with Gasteiger partial charge in [-0.15, -0.1) is 0 Å². The van der Waals surface area contributed by atoms with Crippen LogP contribution in [0, 0.1) is 6.92 Å². The molecule has 0 amide bonds. The predicted molar refractivity (Wildman–Crippen MR) is 77.3 cm³/mol. The lowest BCUT2D eigenvalue weighted by Crippen LogP contribution is -2.35. The average molecular weight is 258 g/mol. The van der Waals surface area contributed by atoms with Gasteiger partial charge in [0.15, 0.2) is 0 Å². The Morgan fingerprint density at radius 2 is 2.32 bits per heavy atom. The maximum atomic E-state index is 4.59. The van der Waals surface area contributed by atoms with Crippen molar-refractivity contribution < 1.29 is 0 Å². The van der Waals surface area contributed by atoms with E-state index in [0.717, 1.165) is 24.4 Å². The molecule has 0 saturated carbocycles. The molecule has 1 aliphatic heterocycles. The first kappa shape index (κ1) is 12.6. The number of hydrogen-bond acceptors (Lipinski definition) is 3. The van der Waals surface area contributed by atoms with E-state index in [1.807, 2.05) is 6.07 Å². The molecular formula is C15H22N4. The van der Waals surface area contributed by atoms with Crippen molar-refractivity contribution in [2.75, 3.05) is 20.1 Å². The van der Waals surface area contributed by atoms with Crippen LogP contribution in [-0.4, -0.2) is 40.5 Å². The first-order valence-corrected chi connectivity index (χ1v) is 7.09. The Balaban J connectivity index is 1.66. The van der Waals surface area contributed by atoms with Gasteiger partial charge in [0.05, 0.1) is 11.4 Å². The molecule has 0 aromatic carbocycles. The largest absolute Gasteiger partial charge is 0.310 e. The lowest BCUT2D eigenvalue weighted by Gasteiger charge is -2.19. The fourth-order valence-corrected chi connectivity index (χ4v) is 2.97. The van der Waals surface area contributed by atoms with Gasteiger partial charge >= 0.3 is 0 Å². The van der Waals surface area contributed by atoms with E-state index in [9.17, 15) is 0 Å². The maximum absolute atomic E-state index is 4.59. The Hall–Kier alpha value is -1.39. The van der Waals surface area contributed by atoms with Crippen LogP contribution < -0.4 is 5.32 Å². The van der Waals surface area contributed by atoms with Gasteiger partial charge in [0.25, 0.3) is 0 Å². The summed E-state index contributed by atoms with van der Waals surface area (Å²) < 4.78 is 2.18. The van der Waals surface area contributed by atoms with Crippen molar-refractivity contribution >= 4 is 5.65 Å². The second kappa shape index (κ2) is 5.31. The molecule has 1 aliphatic rings. The second-order valence-corrected chi connectivity index (χ2v) is 5.48. The van der Waals surface area contributed by atoms with E-state index in [4.69, 9.17) is 0 Å². The minimum absolute atomic E-state index is 0.694. The van der Waals surface area contributed by atoms with Crippen LogP contribution in [0.3, 0.4) is 0 Å². The molecule has 1 N–H and O–H groups in total. The lowest BCUT2D eigenvalue weighted by molar-refractivity contribution is 0.300. The summed E-state index contributed by atoms with van der Waals surface area (Å²) in [5.74, 6) is 0. The zero-order valence-corrected chi connectivity index (χ0v) is 11.8. The highest BCUT2D eigenvalue weighted by molar-refractivity contribution is 5.42. The van der Waals surface area contributed by atoms with Gasteiger partial charge in [-0.1, -0.05) is 6.07 Å². The van der Waals surface area contributed by atoms with Crippen LogP contribution in [0.15, 0.2) is 24.4 Å². The molecule has 4 nitrogen and oxygen atoms in total. The van der Waals surface area contributed by atoms with Crippen molar-refractivity contribution in [3.8, 4) is 0 Å². The number of aromatic nitrogens is 2. The molecule has 0 spiro atoms. The van der Waals surface area contributed by atoms with E-state index in [-0.39, 0.29) is 0 Å². The smallest absolute Gasteiger partial charge is 0.137 e. The molecule has 19 heavy (non-hydrogen) atoms. The molecule has 3 heterocycles. The van der Waals surface area contributed by atoms with Gasteiger partial charge in [0, 0.05) is 25.3 Å². The standard InChI is InChI=1S/C15H22N4/c1-12-14(19-9-4-3-7-15(19)17-12)11-16-10-13-6-5-8-18(13)2/h3-4,7,9,13,16H,5-6,8,10-11H2,1-2H3. The van der Waals surface area contributed by atoms with Crippen LogP contribution in [0.5, 0.6) is 0 Å². The number of nitrogens with one attached hydrogen (secondary N) is 1. The highest BCUT2D eigenvalue weighted by Crippen LogP contribution is 2.15. The number of rotatable bonds is 4. The zero-order valence-electron chi connectivity index (χ0n) is 11.8. The van der Waals surface area contributed by atoms with Gasteiger partial charge in [0.1, 0.15) is 5.65 Å². The van der Waals surface area contributed by atoms with Crippen molar-refractivity contribution in [2.24, 2.45) is 0 Å². The zero-order chi connectivity index (χ0) is 13.2. The quantitative estimate of drug-likeness (QED) is 0.908. The molecule has 0 radical (unpaired) electrons. The molecule has 0 bridgehead atoms. The summed E-state index contributed by atoms with van der Waals surface area (Å²) in [5.41, 5.74) is 3.43. The van der Waals surface area contributed by atoms with E-state index in [0.29, 0.717) is 6.04 Å². The number of fused-ring (bicyclic) bond motifs is 1. The minimum Gasteiger partial charge on any atom is -0.310 e. The highest BCUT2D eigenvalue weighted by atomic mass is 15.2. The van der Waals surface area contributed by atoms with Gasteiger partial charge in [-0.25, -0.2) is 4.98 Å². The van der Waals surface area contributed by atoms with Crippen molar-refractivity contribution in [1.82, 2.24) is 19.6 Å². The summed E-state index contributed by atoms with van der Waals surface area (Å²) in [6.45, 7) is 5.28. The molecule has 102 valence electrons. The summed E-state index contributed by atoms with van der Waals surface area (Å²) >= 11 is 0. The van der Waals surface area contributed by atoms with Crippen molar-refractivity contribution in [3.63, 3.8) is 0 Å². The third-order valence-corrected chi connectivity index (χ3v) is 4.17. The number of likely N-dealkylation sites (tertiary alicyclic amines) is 1. The second-order valence-electron chi connectivity index (χ2n) is 5.48. The number of hydrogen-bond donors (Lipinski definition) is 1. The van der Waals surface area contributed by atoms with Gasteiger partial charge in [-0.3, -0.25) is 0 Å². The van der Waals surface area contributed by atoms with Gasteiger partial charge in [-0.2, -0.15) is 0 Å². The highest BCUT2D eigenvalue weighted by Gasteiger charge is 2.20. The first-order chi connectivity index (χ1) is 9.25. The number of likely N-dealkylation sites (N-methyl/N-ethyl adjacent to an activating group) is 1. The SMILES string of the molecule is Cc1nc2ccccn2c1CNCC1CCCN1C. The summed E-state index contributed by atoms with van der Waals surface area (Å²) in [6, 6.07) is 6.84. The van der Waals surface area contributed by atoms with Crippen molar-refractivity contribution in [1.29, 1.82) is 0 Å². The Kier molecular flexibility index (Phi) is 3.53. The molecule has 0 aliphatic carbocycles. The molecule has 1 atom stereocenters. The fourth-order valence-electron chi connectivity index (χ4n) is 2.97. The van der Waals surface area contributed by atoms with Crippen LogP contribution in [-0.2, 0) is 6.54 Å².